The van der Waals surface area contributed by atoms with Gasteiger partial charge in [0, 0.05) is 7.92 Å². The zero-order valence-electron chi connectivity index (χ0n) is 13.6. The molecule has 0 saturated carbocycles. The van der Waals surface area contributed by atoms with Gasteiger partial charge in [-0.3, -0.25) is 4.90 Å². The lowest BCUT2D eigenvalue weighted by atomic mass is 10.1. The van der Waals surface area contributed by atoms with Gasteiger partial charge in [0.25, 0.3) is 0 Å². The van der Waals surface area contributed by atoms with Gasteiger partial charge in [-0.25, -0.2) is 9.59 Å². The van der Waals surface area contributed by atoms with Gasteiger partial charge >= 0.3 is 12.1 Å². The van der Waals surface area contributed by atoms with Gasteiger partial charge < -0.3 is 9.47 Å². The van der Waals surface area contributed by atoms with Crippen LogP contribution in [0.4, 0.5) is 4.79 Å². The summed E-state index contributed by atoms with van der Waals surface area (Å²) in [5.74, 6) is -0.541. The Morgan fingerprint density at radius 1 is 1.11 bits per heavy atom. The Kier molecular flexibility index (Phi) is 4.02. The van der Waals surface area contributed by atoms with Gasteiger partial charge in [-0.2, -0.15) is 0 Å². The molecule has 0 spiro atoms. The van der Waals surface area contributed by atoms with E-state index in [0.29, 0.717) is 13.0 Å². The van der Waals surface area contributed by atoms with Crippen molar-refractivity contribution in [3.8, 4) is 0 Å². The highest BCUT2D eigenvalue weighted by molar-refractivity contribution is 5.82. The summed E-state index contributed by atoms with van der Waals surface area (Å²) in [5.41, 5.74) is -1.27. The quantitative estimate of drug-likeness (QED) is 0.689. The maximum Gasteiger partial charge on any atom is 0.411 e. The maximum atomic E-state index is 12.2. The van der Waals surface area contributed by atoms with Gasteiger partial charge in [0.1, 0.15) is 17.2 Å². The highest BCUT2D eigenvalue weighted by Gasteiger charge is 2.38. The van der Waals surface area contributed by atoms with Gasteiger partial charge in [0.2, 0.25) is 0 Å². The Morgan fingerprint density at radius 2 is 1.63 bits per heavy atom. The van der Waals surface area contributed by atoms with E-state index in [-0.39, 0.29) is 0 Å². The third-order valence-electron chi connectivity index (χ3n) is 2.37. The van der Waals surface area contributed by atoms with E-state index >= 15 is 0 Å². The maximum absolute atomic E-state index is 12.2. The Balaban J connectivity index is 2.81. The predicted octanol–water partition coefficient (Wildman–Crippen LogP) is 2.73. The Bertz CT molecular complexity index is 384. The summed E-state index contributed by atoms with van der Waals surface area (Å²) >= 11 is 0. The summed E-state index contributed by atoms with van der Waals surface area (Å²) in [5, 5.41) is 0. The van der Waals surface area contributed by atoms with Crippen LogP contribution in [0, 0.1) is 0 Å². The standard InChI is InChI=1S/C14H25NO4/c1-13(2,3)18-11(16)10-8-7-9-15(10)12(17)19-14(4,5)6/h10H,7-9H2,1-6H3/t10-/m0/s1/i8D/t8-,10+/m1. The number of ether oxygens (including phenoxy) is 2. The molecule has 1 saturated heterocycles. The number of nitrogens with zero attached hydrogens (tertiary/aromatic N) is 1. The molecule has 1 heterocycles. The SMILES string of the molecule is [2H][C@@H]1CCN(C(=O)OC(C)(C)C)[C@@H]1C(=O)OC(C)(C)C. The van der Waals surface area contributed by atoms with Gasteiger partial charge in [0.05, 0.1) is 0 Å². The highest BCUT2D eigenvalue weighted by Crippen LogP contribution is 2.23. The van der Waals surface area contributed by atoms with Crippen molar-refractivity contribution in [1.29, 1.82) is 0 Å². The lowest BCUT2D eigenvalue weighted by Crippen LogP contribution is -2.45. The summed E-state index contributed by atoms with van der Waals surface area (Å²) < 4.78 is 18.5. The molecule has 5 heteroatoms. The van der Waals surface area contributed by atoms with Crippen LogP contribution in [-0.2, 0) is 14.3 Å². The number of esters is 1. The summed E-state index contributed by atoms with van der Waals surface area (Å²) in [6.45, 7) is 10.9. The van der Waals surface area contributed by atoms with E-state index in [1.165, 1.54) is 4.90 Å². The molecule has 1 amide bonds. The van der Waals surface area contributed by atoms with E-state index in [9.17, 15) is 9.59 Å². The van der Waals surface area contributed by atoms with Crippen molar-refractivity contribution in [2.24, 2.45) is 0 Å². The van der Waals surface area contributed by atoms with E-state index in [4.69, 9.17) is 10.8 Å². The zero-order chi connectivity index (χ0) is 15.7. The molecule has 0 bridgehead atoms. The van der Waals surface area contributed by atoms with Crippen molar-refractivity contribution in [1.82, 2.24) is 4.90 Å². The summed E-state index contributed by atoms with van der Waals surface area (Å²) in [6, 6.07) is -0.885. The van der Waals surface area contributed by atoms with Crippen LogP contribution in [0.1, 0.15) is 55.7 Å². The summed E-state index contributed by atoms with van der Waals surface area (Å²) in [6.07, 6.45) is -0.788. The fourth-order valence-corrected chi connectivity index (χ4v) is 1.75. The Hall–Kier alpha value is -1.26. The second-order valence-corrected chi connectivity index (χ2v) is 6.68. The van der Waals surface area contributed by atoms with Crippen molar-refractivity contribution >= 4 is 12.1 Å². The molecule has 1 rings (SSSR count). The Morgan fingerprint density at radius 3 is 2.11 bits per heavy atom. The van der Waals surface area contributed by atoms with Gasteiger partial charge in [-0.15, -0.1) is 0 Å². The van der Waals surface area contributed by atoms with E-state index in [1.807, 2.05) is 0 Å². The molecule has 0 radical (unpaired) electrons. The molecule has 0 aromatic heterocycles. The molecule has 0 unspecified atom stereocenters. The van der Waals surface area contributed by atoms with E-state index in [2.05, 4.69) is 0 Å². The molecule has 0 aromatic rings. The van der Waals surface area contributed by atoms with Gasteiger partial charge in [-0.05, 0) is 54.4 Å². The molecule has 1 fully saturated rings. The van der Waals surface area contributed by atoms with Crippen LogP contribution < -0.4 is 0 Å². The third-order valence-corrected chi connectivity index (χ3v) is 2.37. The average molecular weight is 272 g/mol. The van der Waals surface area contributed by atoms with E-state index in [0.717, 1.165) is 0 Å². The van der Waals surface area contributed by atoms with Crippen LogP contribution >= 0.6 is 0 Å². The lowest BCUT2D eigenvalue weighted by molar-refractivity contribution is -0.160. The van der Waals surface area contributed by atoms with Crippen molar-refractivity contribution in [2.45, 2.75) is 71.6 Å². The minimum Gasteiger partial charge on any atom is -0.458 e. The molecule has 1 aliphatic rings. The molecule has 0 N–H and O–H groups in total. The number of carbonyl (C=O) groups excluding carboxylic acids is 2. The number of hydrogen-bond acceptors (Lipinski definition) is 4. The highest BCUT2D eigenvalue weighted by atomic mass is 16.6. The molecular weight excluding hydrogens is 246 g/mol. The van der Waals surface area contributed by atoms with E-state index in [1.54, 1.807) is 41.5 Å². The first-order chi connectivity index (χ1) is 8.91. The largest absolute Gasteiger partial charge is 0.458 e. The number of likely N-dealkylation sites (tertiary alicyclic amines) is 1. The molecular formula is C14H25NO4. The van der Waals surface area contributed by atoms with E-state index < -0.39 is 35.7 Å². The monoisotopic (exact) mass is 272 g/mol. The second kappa shape index (κ2) is 5.39. The first-order valence-corrected chi connectivity index (χ1v) is 6.55. The summed E-state index contributed by atoms with van der Waals surface area (Å²) in [4.78, 5) is 25.6. The van der Waals surface area contributed by atoms with Gasteiger partial charge in [0.15, 0.2) is 0 Å². The van der Waals surface area contributed by atoms with Crippen molar-refractivity contribution < 1.29 is 20.4 Å². The third kappa shape index (κ3) is 5.09. The van der Waals surface area contributed by atoms with Crippen LogP contribution in [-0.4, -0.2) is 40.8 Å². The average Bonchev–Trinajstić information content (AvgIpc) is 2.54. The normalized spacial score (nSPS) is 24.9. The Labute approximate surface area is 116 Å². The van der Waals surface area contributed by atoms with Crippen molar-refractivity contribution in [3.63, 3.8) is 0 Å². The van der Waals surface area contributed by atoms with Crippen LogP contribution in [0.15, 0.2) is 0 Å². The van der Waals surface area contributed by atoms with Crippen LogP contribution in [0.5, 0.6) is 0 Å². The second-order valence-electron chi connectivity index (χ2n) is 6.68. The molecule has 1 aliphatic heterocycles. The smallest absolute Gasteiger partial charge is 0.411 e. The minimum absolute atomic E-state index is 0.340. The first kappa shape index (κ1) is 14.2. The molecule has 5 nitrogen and oxygen atoms in total. The van der Waals surface area contributed by atoms with Crippen LogP contribution in [0.2, 0.25) is 0 Å². The van der Waals surface area contributed by atoms with Crippen molar-refractivity contribution in [2.75, 3.05) is 6.54 Å². The topological polar surface area (TPSA) is 55.8 Å². The van der Waals surface area contributed by atoms with Crippen LogP contribution in [0.3, 0.4) is 0 Å². The van der Waals surface area contributed by atoms with Gasteiger partial charge in [-0.1, -0.05) is 0 Å². The first-order valence-electron chi connectivity index (χ1n) is 7.13. The summed E-state index contributed by atoms with van der Waals surface area (Å²) in [7, 11) is 0. The molecule has 19 heavy (non-hydrogen) atoms. The molecule has 110 valence electrons. The van der Waals surface area contributed by atoms with Crippen LogP contribution in [0.25, 0.3) is 0 Å². The molecule has 0 aliphatic carbocycles. The molecule has 0 aromatic carbocycles. The number of hydrogen-bond donors (Lipinski definition) is 0. The lowest BCUT2D eigenvalue weighted by Gasteiger charge is -2.29. The van der Waals surface area contributed by atoms with Crippen molar-refractivity contribution in [3.05, 3.63) is 0 Å². The number of rotatable bonds is 1. The minimum atomic E-state index is -0.885. The predicted molar refractivity (Wildman–Crippen MR) is 71.8 cm³/mol. The molecule has 2 atom stereocenters. The fourth-order valence-electron chi connectivity index (χ4n) is 1.75. The number of amides is 1. The fraction of sp³-hybridized carbons (Fsp3) is 0.857. The number of carbonyl (C=O) groups is 2. The zero-order valence-corrected chi connectivity index (χ0v) is 12.6.